The fourth-order valence-corrected chi connectivity index (χ4v) is 1.93. The Balaban J connectivity index is 2.30. The lowest BCUT2D eigenvalue weighted by molar-refractivity contribution is -0.141. The fraction of sp³-hybridized carbons (Fsp3) is 0.231. The van der Waals surface area contributed by atoms with Gasteiger partial charge >= 0.3 is 6.03 Å². The molecule has 1 aromatic rings. The highest BCUT2D eigenvalue weighted by Crippen LogP contribution is 2.22. The van der Waals surface area contributed by atoms with Gasteiger partial charge in [0, 0.05) is 7.05 Å². The van der Waals surface area contributed by atoms with E-state index >= 15 is 0 Å². The molecular weight excluding hydrogens is 281 g/mol. The summed E-state index contributed by atoms with van der Waals surface area (Å²) in [4.78, 5) is 47.7. The third kappa shape index (κ3) is 2.88. The summed E-state index contributed by atoms with van der Waals surface area (Å²) in [7, 11) is 1.36. The maximum absolute atomic E-state index is 12.9. The molecule has 1 atom stereocenters. The van der Waals surface area contributed by atoms with Gasteiger partial charge in [-0.1, -0.05) is 12.1 Å². The zero-order valence-electron chi connectivity index (χ0n) is 11.1. The van der Waals surface area contributed by atoms with E-state index in [2.05, 4.69) is 5.32 Å². The SMILES string of the molecule is CNC(=O)CN1C(=O)NC(=O)C(c2ccc(F)cc2)C1=O. The second-order valence-electron chi connectivity index (χ2n) is 4.38. The minimum absolute atomic E-state index is 0.244. The van der Waals surface area contributed by atoms with Gasteiger partial charge in [-0.2, -0.15) is 0 Å². The largest absolute Gasteiger partial charge is 0.358 e. The molecule has 5 amide bonds. The average Bonchev–Trinajstić information content (AvgIpc) is 2.45. The Morgan fingerprint density at radius 1 is 1.29 bits per heavy atom. The van der Waals surface area contributed by atoms with E-state index in [-0.39, 0.29) is 5.56 Å². The molecule has 8 heteroatoms. The van der Waals surface area contributed by atoms with E-state index in [9.17, 15) is 23.6 Å². The number of hydrogen-bond donors (Lipinski definition) is 2. The lowest BCUT2D eigenvalue weighted by atomic mass is 9.95. The molecule has 1 unspecified atom stereocenters. The van der Waals surface area contributed by atoms with Gasteiger partial charge in [0.1, 0.15) is 18.3 Å². The van der Waals surface area contributed by atoms with Crippen molar-refractivity contribution >= 4 is 23.8 Å². The first-order valence-electron chi connectivity index (χ1n) is 6.06. The van der Waals surface area contributed by atoms with E-state index in [1.807, 2.05) is 5.32 Å². The van der Waals surface area contributed by atoms with E-state index in [4.69, 9.17) is 0 Å². The number of nitrogens with zero attached hydrogens (tertiary/aromatic N) is 1. The number of likely N-dealkylation sites (N-methyl/N-ethyl adjacent to an activating group) is 1. The molecule has 1 saturated heterocycles. The number of rotatable bonds is 3. The van der Waals surface area contributed by atoms with Crippen LogP contribution in [0.5, 0.6) is 0 Å². The first kappa shape index (κ1) is 14.6. The molecule has 21 heavy (non-hydrogen) atoms. The molecule has 7 nitrogen and oxygen atoms in total. The van der Waals surface area contributed by atoms with Gasteiger partial charge in [-0.3, -0.25) is 24.6 Å². The van der Waals surface area contributed by atoms with Gasteiger partial charge in [0.05, 0.1) is 0 Å². The van der Waals surface area contributed by atoms with Crippen molar-refractivity contribution in [2.24, 2.45) is 0 Å². The second-order valence-corrected chi connectivity index (χ2v) is 4.38. The van der Waals surface area contributed by atoms with Crippen molar-refractivity contribution in [3.63, 3.8) is 0 Å². The van der Waals surface area contributed by atoms with E-state index in [0.717, 1.165) is 12.1 Å². The van der Waals surface area contributed by atoms with Crippen LogP contribution in [0.1, 0.15) is 11.5 Å². The van der Waals surface area contributed by atoms with Crippen molar-refractivity contribution in [1.82, 2.24) is 15.5 Å². The van der Waals surface area contributed by atoms with E-state index < -0.39 is 42.0 Å². The number of imide groups is 2. The lowest BCUT2D eigenvalue weighted by Gasteiger charge is -2.29. The molecule has 2 N–H and O–H groups in total. The highest BCUT2D eigenvalue weighted by molar-refractivity contribution is 6.20. The number of carbonyl (C=O) groups is 4. The molecule has 0 saturated carbocycles. The van der Waals surface area contributed by atoms with Crippen LogP contribution in [0.15, 0.2) is 24.3 Å². The number of amides is 5. The van der Waals surface area contributed by atoms with Crippen molar-refractivity contribution in [2.75, 3.05) is 13.6 Å². The van der Waals surface area contributed by atoms with Crippen LogP contribution in [-0.2, 0) is 14.4 Å². The van der Waals surface area contributed by atoms with Gasteiger partial charge in [-0.15, -0.1) is 0 Å². The van der Waals surface area contributed by atoms with Crippen LogP contribution < -0.4 is 10.6 Å². The number of nitrogens with one attached hydrogen (secondary N) is 2. The van der Waals surface area contributed by atoms with Crippen LogP contribution in [0.2, 0.25) is 0 Å². The zero-order valence-corrected chi connectivity index (χ0v) is 11.1. The summed E-state index contributed by atoms with van der Waals surface area (Å²) in [6.45, 7) is -0.494. The van der Waals surface area contributed by atoms with Crippen LogP contribution in [0, 0.1) is 5.82 Å². The number of hydrogen-bond acceptors (Lipinski definition) is 4. The molecule has 0 radical (unpaired) electrons. The molecule has 1 aromatic carbocycles. The Labute approximate surface area is 119 Å². The van der Waals surface area contributed by atoms with Gasteiger partial charge in [0.25, 0.3) is 0 Å². The number of barbiturate groups is 1. The molecule has 1 aliphatic heterocycles. The Hall–Kier alpha value is -2.77. The summed E-state index contributed by atoms with van der Waals surface area (Å²) in [5.41, 5.74) is 0.244. The van der Waals surface area contributed by atoms with Crippen molar-refractivity contribution in [1.29, 1.82) is 0 Å². The summed E-state index contributed by atoms with van der Waals surface area (Å²) in [6, 6.07) is 3.83. The minimum Gasteiger partial charge on any atom is -0.358 e. The molecule has 0 bridgehead atoms. The molecular formula is C13H12FN3O4. The first-order valence-corrected chi connectivity index (χ1v) is 6.06. The molecule has 1 aliphatic rings. The fourth-order valence-electron chi connectivity index (χ4n) is 1.93. The van der Waals surface area contributed by atoms with Gasteiger partial charge in [0.15, 0.2) is 0 Å². The van der Waals surface area contributed by atoms with Crippen molar-refractivity contribution in [2.45, 2.75) is 5.92 Å². The van der Waals surface area contributed by atoms with Crippen molar-refractivity contribution in [3.05, 3.63) is 35.6 Å². The normalized spacial score (nSPS) is 18.5. The predicted molar refractivity (Wildman–Crippen MR) is 68.5 cm³/mol. The van der Waals surface area contributed by atoms with Crippen LogP contribution in [-0.4, -0.2) is 42.2 Å². The summed E-state index contributed by atoms with van der Waals surface area (Å²) >= 11 is 0. The quantitative estimate of drug-likeness (QED) is 0.750. The summed E-state index contributed by atoms with van der Waals surface area (Å²) < 4.78 is 12.9. The Morgan fingerprint density at radius 3 is 2.48 bits per heavy atom. The Bertz CT molecular complexity index is 614. The van der Waals surface area contributed by atoms with E-state index in [1.54, 1.807) is 0 Å². The maximum Gasteiger partial charge on any atom is 0.331 e. The first-order chi connectivity index (χ1) is 9.93. The predicted octanol–water partition coefficient (Wildman–Crippen LogP) is -0.266. The lowest BCUT2D eigenvalue weighted by Crippen LogP contribution is -2.58. The van der Waals surface area contributed by atoms with Crippen LogP contribution in [0.3, 0.4) is 0 Å². The Morgan fingerprint density at radius 2 is 1.90 bits per heavy atom. The summed E-state index contributed by atoms with van der Waals surface area (Å²) in [5, 5.41) is 4.29. The molecule has 1 heterocycles. The molecule has 0 aliphatic carbocycles. The molecule has 110 valence electrons. The van der Waals surface area contributed by atoms with Crippen LogP contribution in [0.4, 0.5) is 9.18 Å². The monoisotopic (exact) mass is 293 g/mol. The summed E-state index contributed by atoms with van der Waals surface area (Å²) in [6.07, 6.45) is 0. The van der Waals surface area contributed by atoms with Crippen molar-refractivity contribution in [3.8, 4) is 0 Å². The maximum atomic E-state index is 12.9. The number of halogens is 1. The van der Waals surface area contributed by atoms with Crippen LogP contribution >= 0.6 is 0 Å². The molecule has 2 rings (SSSR count). The number of urea groups is 1. The van der Waals surface area contributed by atoms with Gasteiger partial charge < -0.3 is 5.32 Å². The van der Waals surface area contributed by atoms with Gasteiger partial charge in [-0.25, -0.2) is 9.18 Å². The van der Waals surface area contributed by atoms with Gasteiger partial charge in [-0.05, 0) is 17.7 Å². The minimum atomic E-state index is -1.28. The molecule has 1 fully saturated rings. The third-order valence-corrected chi connectivity index (χ3v) is 3.03. The van der Waals surface area contributed by atoms with Crippen molar-refractivity contribution < 1.29 is 23.6 Å². The molecule has 0 spiro atoms. The highest BCUT2D eigenvalue weighted by Gasteiger charge is 2.41. The zero-order chi connectivity index (χ0) is 15.6. The number of benzene rings is 1. The summed E-state index contributed by atoms with van der Waals surface area (Å²) in [5.74, 6) is -3.97. The molecule has 0 aromatic heterocycles. The average molecular weight is 293 g/mol. The highest BCUT2D eigenvalue weighted by atomic mass is 19.1. The van der Waals surface area contributed by atoms with Gasteiger partial charge in [0.2, 0.25) is 17.7 Å². The van der Waals surface area contributed by atoms with E-state index in [1.165, 1.54) is 19.2 Å². The Kier molecular flexibility index (Phi) is 3.97. The third-order valence-electron chi connectivity index (χ3n) is 3.03. The standard InChI is InChI=1S/C13H12FN3O4/c1-15-9(18)6-17-12(20)10(11(19)16-13(17)21)7-2-4-8(14)5-3-7/h2-5,10H,6H2,1H3,(H,15,18)(H,16,19,21). The van der Waals surface area contributed by atoms with Crippen LogP contribution in [0.25, 0.3) is 0 Å². The second kappa shape index (κ2) is 5.70. The van der Waals surface area contributed by atoms with E-state index in [0.29, 0.717) is 4.90 Å². The number of carbonyl (C=O) groups excluding carboxylic acids is 4. The smallest absolute Gasteiger partial charge is 0.331 e. The topological polar surface area (TPSA) is 95.6 Å².